The van der Waals surface area contributed by atoms with Gasteiger partial charge in [0.05, 0.1) is 10.9 Å². The first kappa shape index (κ1) is 15.8. The maximum Gasteiger partial charge on any atom is 0.419 e. The summed E-state index contributed by atoms with van der Waals surface area (Å²) in [5.74, 6) is -1.29. The molecule has 0 nitrogen and oxygen atoms in total. The average Bonchev–Trinajstić information content (AvgIpc) is 2.37. The number of alkyl halides is 4. The molecule has 0 aromatic heterocycles. The Hall–Kier alpha value is -1.55. The van der Waals surface area contributed by atoms with Gasteiger partial charge in [-0.1, -0.05) is 42.0 Å². The van der Waals surface area contributed by atoms with Gasteiger partial charge in [-0.25, -0.2) is 4.39 Å². The molecule has 0 radical (unpaired) electrons. The third-order valence-electron chi connectivity index (χ3n) is 3.17. The molecule has 2 aromatic rings. The smallest absolute Gasteiger partial charge is 0.206 e. The first-order valence-electron chi connectivity index (χ1n) is 6.34. The molecule has 0 amide bonds. The molecule has 2 rings (SSSR count). The first-order valence-corrected chi connectivity index (χ1v) is 6.78. The zero-order valence-electron chi connectivity index (χ0n) is 11.2. The minimum Gasteiger partial charge on any atom is -0.206 e. The number of halogens is 5. The standard InChI is InChI=1S/C16H13ClF4/c1-10-4-2-5-11(8-10)9-14(17)12-6-3-7-13(15(12)18)16(19,20)21/h2-8,14H,9H2,1H3. The van der Waals surface area contributed by atoms with Gasteiger partial charge in [0.15, 0.2) is 0 Å². The summed E-state index contributed by atoms with van der Waals surface area (Å²) in [6.07, 6.45) is -4.46. The van der Waals surface area contributed by atoms with Gasteiger partial charge in [0.25, 0.3) is 0 Å². The van der Waals surface area contributed by atoms with E-state index in [4.69, 9.17) is 11.6 Å². The summed E-state index contributed by atoms with van der Waals surface area (Å²) in [4.78, 5) is 0. The number of hydrogen-bond acceptors (Lipinski definition) is 0. The van der Waals surface area contributed by atoms with Crippen molar-refractivity contribution < 1.29 is 17.6 Å². The van der Waals surface area contributed by atoms with Crippen LogP contribution >= 0.6 is 11.6 Å². The maximum absolute atomic E-state index is 14.0. The van der Waals surface area contributed by atoms with Gasteiger partial charge in [0.1, 0.15) is 5.82 Å². The quantitative estimate of drug-likeness (QED) is 0.505. The fourth-order valence-corrected chi connectivity index (χ4v) is 2.51. The van der Waals surface area contributed by atoms with Crippen molar-refractivity contribution in [2.75, 3.05) is 0 Å². The zero-order chi connectivity index (χ0) is 15.6. The van der Waals surface area contributed by atoms with Crippen LogP contribution in [0.1, 0.15) is 27.6 Å². The second kappa shape index (κ2) is 6.06. The van der Waals surface area contributed by atoms with Gasteiger partial charge in [-0.15, -0.1) is 11.6 Å². The predicted octanol–water partition coefficient (Wildman–Crippen LogP) is 5.68. The number of hydrogen-bond donors (Lipinski definition) is 0. The van der Waals surface area contributed by atoms with E-state index in [1.165, 1.54) is 12.1 Å². The minimum absolute atomic E-state index is 0.131. The Morgan fingerprint density at radius 2 is 1.76 bits per heavy atom. The first-order chi connectivity index (χ1) is 9.79. The molecular weight excluding hydrogens is 304 g/mol. The molecule has 0 bridgehead atoms. The molecule has 0 spiro atoms. The monoisotopic (exact) mass is 316 g/mol. The third-order valence-corrected chi connectivity index (χ3v) is 3.56. The van der Waals surface area contributed by atoms with Gasteiger partial charge in [-0.3, -0.25) is 0 Å². The van der Waals surface area contributed by atoms with E-state index in [0.29, 0.717) is 0 Å². The Bertz CT molecular complexity index is 634. The van der Waals surface area contributed by atoms with Crippen molar-refractivity contribution in [3.63, 3.8) is 0 Å². The third kappa shape index (κ3) is 3.76. The highest BCUT2D eigenvalue weighted by Crippen LogP contribution is 2.36. The van der Waals surface area contributed by atoms with Gasteiger partial charge >= 0.3 is 6.18 Å². The SMILES string of the molecule is Cc1cccc(CC(Cl)c2cccc(C(F)(F)F)c2F)c1. The predicted molar refractivity (Wildman–Crippen MR) is 74.9 cm³/mol. The van der Waals surface area contributed by atoms with Crippen LogP contribution in [0.4, 0.5) is 17.6 Å². The second-order valence-electron chi connectivity index (χ2n) is 4.87. The molecule has 0 aliphatic carbocycles. The van der Waals surface area contributed by atoms with Crippen LogP contribution in [-0.2, 0) is 12.6 Å². The van der Waals surface area contributed by atoms with Crippen LogP contribution in [-0.4, -0.2) is 0 Å². The lowest BCUT2D eigenvalue weighted by molar-refractivity contribution is -0.140. The lowest BCUT2D eigenvalue weighted by atomic mass is 10.00. The molecule has 21 heavy (non-hydrogen) atoms. The fourth-order valence-electron chi connectivity index (χ4n) is 2.17. The Morgan fingerprint density at radius 3 is 2.38 bits per heavy atom. The van der Waals surface area contributed by atoms with E-state index in [9.17, 15) is 17.6 Å². The lowest BCUT2D eigenvalue weighted by Gasteiger charge is -2.15. The van der Waals surface area contributed by atoms with Crippen molar-refractivity contribution in [2.45, 2.75) is 24.9 Å². The molecule has 0 N–H and O–H groups in total. The van der Waals surface area contributed by atoms with Crippen molar-refractivity contribution in [1.29, 1.82) is 0 Å². The normalized spacial score (nSPS) is 13.2. The van der Waals surface area contributed by atoms with E-state index in [0.717, 1.165) is 17.2 Å². The van der Waals surface area contributed by atoms with Gasteiger partial charge < -0.3 is 0 Å². The van der Waals surface area contributed by atoms with Crippen LogP contribution in [0.2, 0.25) is 0 Å². The molecule has 5 heteroatoms. The fraction of sp³-hybridized carbons (Fsp3) is 0.250. The molecular formula is C16H13ClF4. The highest BCUT2D eigenvalue weighted by molar-refractivity contribution is 6.21. The second-order valence-corrected chi connectivity index (χ2v) is 5.39. The Labute approximate surface area is 125 Å². The van der Waals surface area contributed by atoms with Crippen LogP contribution < -0.4 is 0 Å². The summed E-state index contributed by atoms with van der Waals surface area (Å²) < 4.78 is 52.1. The van der Waals surface area contributed by atoms with Crippen molar-refractivity contribution in [2.24, 2.45) is 0 Å². The molecule has 2 aromatic carbocycles. The van der Waals surface area contributed by atoms with Crippen LogP contribution in [0, 0.1) is 12.7 Å². The van der Waals surface area contributed by atoms with E-state index in [1.54, 1.807) is 0 Å². The largest absolute Gasteiger partial charge is 0.419 e. The average molecular weight is 317 g/mol. The molecule has 0 saturated carbocycles. The molecule has 0 heterocycles. The summed E-state index contributed by atoms with van der Waals surface area (Å²) in [5, 5.41) is -0.853. The Morgan fingerprint density at radius 1 is 1.10 bits per heavy atom. The minimum atomic E-state index is -4.72. The van der Waals surface area contributed by atoms with Crippen LogP contribution in [0.25, 0.3) is 0 Å². The van der Waals surface area contributed by atoms with E-state index in [1.807, 2.05) is 31.2 Å². The van der Waals surface area contributed by atoms with Gasteiger partial charge in [-0.2, -0.15) is 13.2 Å². The van der Waals surface area contributed by atoms with Crippen molar-refractivity contribution in [3.8, 4) is 0 Å². The Kier molecular flexibility index (Phi) is 4.57. The van der Waals surface area contributed by atoms with Gasteiger partial charge in [0.2, 0.25) is 0 Å². The number of benzene rings is 2. The molecule has 1 atom stereocenters. The van der Waals surface area contributed by atoms with E-state index >= 15 is 0 Å². The molecule has 0 saturated heterocycles. The number of rotatable bonds is 3. The zero-order valence-corrected chi connectivity index (χ0v) is 12.0. The van der Waals surface area contributed by atoms with Crippen LogP contribution in [0.15, 0.2) is 42.5 Å². The summed E-state index contributed by atoms with van der Waals surface area (Å²) in [5.41, 5.74) is 0.454. The summed E-state index contributed by atoms with van der Waals surface area (Å²) in [6.45, 7) is 1.90. The van der Waals surface area contributed by atoms with E-state index < -0.39 is 22.9 Å². The van der Waals surface area contributed by atoms with Crippen molar-refractivity contribution in [3.05, 3.63) is 70.5 Å². The van der Waals surface area contributed by atoms with Gasteiger partial charge in [0, 0.05) is 5.56 Å². The summed E-state index contributed by atoms with van der Waals surface area (Å²) in [6, 6.07) is 10.6. The Balaban J connectivity index is 2.30. The van der Waals surface area contributed by atoms with E-state index in [-0.39, 0.29) is 12.0 Å². The van der Waals surface area contributed by atoms with Crippen LogP contribution in [0.5, 0.6) is 0 Å². The maximum atomic E-state index is 14.0. The van der Waals surface area contributed by atoms with Crippen molar-refractivity contribution >= 4 is 11.6 Å². The topological polar surface area (TPSA) is 0 Å². The molecule has 0 fully saturated rings. The highest BCUT2D eigenvalue weighted by Gasteiger charge is 2.35. The molecule has 1 unspecified atom stereocenters. The summed E-state index contributed by atoms with van der Waals surface area (Å²) in [7, 11) is 0. The molecule has 0 aliphatic heterocycles. The summed E-state index contributed by atoms with van der Waals surface area (Å²) >= 11 is 6.11. The number of aryl methyl sites for hydroxylation is 1. The van der Waals surface area contributed by atoms with Crippen molar-refractivity contribution in [1.82, 2.24) is 0 Å². The van der Waals surface area contributed by atoms with Crippen LogP contribution in [0.3, 0.4) is 0 Å². The van der Waals surface area contributed by atoms with E-state index in [2.05, 4.69) is 0 Å². The molecule has 112 valence electrons. The highest BCUT2D eigenvalue weighted by atomic mass is 35.5. The van der Waals surface area contributed by atoms with Gasteiger partial charge in [-0.05, 0) is 25.0 Å². The molecule has 0 aliphatic rings. The lowest BCUT2D eigenvalue weighted by Crippen LogP contribution is -2.11.